The first-order chi connectivity index (χ1) is 6.07. The molecule has 0 saturated carbocycles. The van der Waals surface area contributed by atoms with Crippen LogP contribution in [0.4, 0.5) is 0 Å². The van der Waals surface area contributed by atoms with Gasteiger partial charge in [-0.2, -0.15) is 4.31 Å². The van der Waals surface area contributed by atoms with E-state index in [1.807, 2.05) is 24.3 Å². The standard InChI is InChI=1S/C9H11NO2S/c1-13(11,12)10-6-8-4-2-3-5-9(8)7-10/h2-5H,6-7H2,1H3. The van der Waals surface area contributed by atoms with E-state index in [4.69, 9.17) is 0 Å². The molecule has 0 aliphatic carbocycles. The van der Waals surface area contributed by atoms with Crippen LogP contribution in [0.1, 0.15) is 11.1 Å². The van der Waals surface area contributed by atoms with E-state index in [-0.39, 0.29) is 0 Å². The highest BCUT2D eigenvalue weighted by Crippen LogP contribution is 2.23. The van der Waals surface area contributed by atoms with Gasteiger partial charge in [0.2, 0.25) is 10.0 Å². The Kier molecular flexibility index (Phi) is 1.89. The van der Waals surface area contributed by atoms with Gasteiger partial charge in [0.1, 0.15) is 0 Å². The number of hydrogen-bond donors (Lipinski definition) is 0. The fourth-order valence-corrected chi connectivity index (χ4v) is 2.28. The fraction of sp³-hybridized carbons (Fsp3) is 0.333. The number of nitrogens with zero attached hydrogens (tertiary/aromatic N) is 1. The molecule has 1 aromatic carbocycles. The molecule has 1 aliphatic heterocycles. The zero-order valence-corrected chi connectivity index (χ0v) is 8.21. The summed E-state index contributed by atoms with van der Waals surface area (Å²) in [4.78, 5) is 0. The predicted molar refractivity (Wildman–Crippen MR) is 50.5 cm³/mol. The molecule has 1 aliphatic rings. The van der Waals surface area contributed by atoms with Crippen molar-refractivity contribution in [2.45, 2.75) is 13.1 Å². The van der Waals surface area contributed by atoms with Gasteiger partial charge in [-0.15, -0.1) is 0 Å². The minimum atomic E-state index is -3.04. The van der Waals surface area contributed by atoms with Gasteiger partial charge in [-0.25, -0.2) is 8.42 Å². The number of sulfonamides is 1. The van der Waals surface area contributed by atoms with Crippen LogP contribution < -0.4 is 0 Å². The molecule has 0 fully saturated rings. The molecule has 0 aromatic heterocycles. The summed E-state index contributed by atoms with van der Waals surface area (Å²) in [6, 6.07) is 7.82. The summed E-state index contributed by atoms with van der Waals surface area (Å²) in [5.41, 5.74) is 2.24. The van der Waals surface area contributed by atoms with Gasteiger partial charge in [-0.3, -0.25) is 0 Å². The van der Waals surface area contributed by atoms with E-state index >= 15 is 0 Å². The molecule has 0 spiro atoms. The topological polar surface area (TPSA) is 37.4 Å². The van der Waals surface area contributed by atoms with Gasteiger partial charge >= 0.3 is 0 Å². The second-order valence-corrected chi connectivity index (χ2v) is 5.28. The van der Waals surface area contributed by atoms with Crippen LogP contribution in [-0.4, -0.2) is 19.0 Å². The summed E-state index contributed by atoms with van der Waals surface area (Å²) in [7, 11) is -3.04. The van der Waals surface area contributed by atoms with E-state index in [0.29, 0.717) is 13.1 Å². The fourth-order valence-electron chi connectivity index (χ4n) is 1.54. The highest BCUT2D eigenvalue weighted by atomic mass is 32.2. The predicted octanol–water partition coefficient (Wildman–Crippen LogP) is 0.962. The quantitative estimate of drug-likeness (QED) is 0.672. The molecule has 0 unspecified atom stereocenters. The largest absolute Gasteiger partial charge is 0.212 e. The van der Waals surface area contributed by atoms with Crippen molar-refractivity contribution in [3.05, 3.63) is 35.4 Å². The van der Waals surface area contributed by atoms with Crippen LogP contribution in [0.15, 0.2) is 24.3 Å². The molecule has 2 rings (SSSR count). The average molecular weight is 197 g/mol. The molecule has 0 N–H and O–H groups in total. The highest BCUT2D eigenvalue weighted by molar-refractivity contribution is 7.88. The lowest BCUT2D eigenvalue weighted by molar-refractivity contribution is 0.436. The maximum Gasteiger partial charge on any atom is 0.211 e. The molecular weight excluding hydrogens is 186 g/mol. The molecule has 0 amide bonds. The van der Waals surface area contributed by atoms with Gasteiger partial charge in [-0.05, 0) is 11.1 Å². The third-order valence-electron chi connectivity index (χ3n) is 2.28. The zero-order chi connectivity index (χ0) is 9.47. The van der Waals surface area contributed by atoms with Crippen molar-refractivity contribution >= 4 is 10.0 Å². The van der Waals surface area contributed by atoms with E-state index in [9.17, 15) is 8.42 Å². The van der Waals surface area contributed by atoms with Crippen molar-refractivity contribution in [3.63, 3.8) is 0 Å². The van der Waals surface area contributed by atoms with E-state index in [1.165, 1.54) is 10.6 Å². The van der Waals surface area contributed by atoms with Crippen LogP contribution in [0.3, 0.4) is 0 Å². The maximum absolute atomic E-state index is 11.2. The lowest BCUT2D eigenvalue weighted by atomic mass is 10.1. The van der Waals surface area contributed by atoms with Crippen LogP contribution >= 0.6 is 0 Å². The number of fused-ring (bicyclic) bond motifs is 1. The Balaban J connectivity index is 2.33. The van der Waals surface area contributed by atoms with Crippen molar-refractivity contribution in [2.75, 3.05) is 6.26 Å². The first-order valence-electron chi connectivity index (χ1n) is 4.09. The van der Waals surface area contributed by atoms with E-state index < -0.39 is 10.0 Å². The van der Waals surface area contributed by atoms with Crippen molar-refractivity contribution < 1.29 is 8.42 Å². The highest BCUT2D eigenvalue weighted by Gasteiger charge is 2.24. The van der Waals surface area contributed by atoms with Gasteiger partial charge in [0.15, 0.2) is 0 Å². The zero-order valence-electron chi connectivity index (χ0n) is 7.40. The molecule has 3 nitrogen and oxygen atoms in total. The number of rotatable bonds is 1. The summed E-state index contributed by atoms with van der Waals surface area (Å²) in [6.45, 7) is 1.05. The maximum atomic E-state index is 11.2. The smallest absolute Gasteiger partial charge is 0.211 e. The van der Waals surface area contributed by atoms with Gasteiger partial charge in [0, 0.05) is 13.1 Å². The van der Waals surface area contributed by atoms with Gasteiger partial charge in [0.25, 0.3) is 0 Å². The molecule has 4 heteroatoms. The average Bonchev–Trinajstić information content (AvgIpc) is 2.45. The molecule has 0 bridgehead atoms. The van der Waals surface area contributed by atoms with Gasteiger partial charge in [-0.1, -0.05) is 24.3 Å². The molecule has 70 valence electrons. The van der Waals surface area contributed by atoms with Gasteiger partial charge < -0.3 is 0 Å². The summed E-state index contributed by atoms with van der Waals surface area (Å²) in [5.74, 6) is 0. The first-order valence-corrected chi connectivity index (χ1v) is 5.94. The van der Waals surface area contributed by atoms with Crippen LogP contribution in [0, 0.1) is 0 Å². The minimum Gasteiger partial charge on any atom is -0.212 e. The van der Waals surface area contributed by atoms with Crippen molar-refractivity contribution in [1.82, 2.24) is 4.31 Å². The van der Waals surface area contributed by atoms with Crippen molar-refractivity contribution in [1.29, 1.82) is 0 Å². The Hall–Kier alpha value is -0.870. The Labute approximate surface area is 78.0 Å². The monoisotopic (exact) mass is 197 g/mol. The van der Waals surface area contributed by atoms with E-state index in [1.54, 1.807) is 0 Å². The molecular formula is C9H11NO2S. The second kappa shape index (κ2) is 2.82. The Morgan fingerprint density at radius 2 is 1.62 bits per heavy atom. The Bertz CT molecular complexity index is 400. The van der Waals surface area contributed by atoms with Crippen LogP contribution in [0.2, 0.25) is 0 Å². The SMILES string of the molecule is CS(=O)(=O)N1Cc2ccccc2C1. The van der Waals surface area contributed by atoms with Crippen LogP contribution in [-0.2, 0) is 23.1 Å². The summed E-state index contributed by atoms with van der Waals surface area (Å²) >= 11 is 0. The molecule has 0 atom stereocenters. The number of hydrogen-bond acceptors (Lipinski definition) is 2. The van der Waals surface area contributed by atoms with E-state index in [2.05, 4.69) is 0 Å². The van der Waals surface area contributed by atoms with E-state index in [0.717, 1.165) is 11.1 Å². The Morgan fingerprint density at radius 3 is 2.00 bits per heavy atom. The third-order valence-corrected chi connectivity index (χ3v) is 3.48. The molecule has 0 radical (unpaired) electrons. The summed E-state index contributed by atoms with van der Waals surface area (Å²) in [5, 5.41) is 0. The summed E-state index contributed by atoms with van der Waals surface area (Å²) in [6.07, 6.45) is 1.25. The third kappa shape index (κ3) is 1.59. The molecule has 1 aromatic rings. The van der Waals surface area contributed by atoms with Crippen molar-refractivity contribution in [2.24, 2.45) is 0 Å². The van der Waals surface area contributed by atoms with Crippen LogP contribution in [0.25, 0.3) is 0 Å². The van der Waals surface area contributed by atoms with Crippen LogP contribution in [0.5, 0.6) is 0 Å². The first kappa shape index (κ1) is 8.72. The number of benzene rings is 1. The second-order valence-electron chi connectivity index (χ2n) is 3.30. The molecule has 13 heavy (non-hydrogen) atoms. The molecule has 1 heterocycles. The molecule has 0 saturated heterocycles. The minimum absolute atomic E-state index is 0.523. The normalized spacial score (nSPS) is 17.3. The van der Waals surface area contributed by atoms with Crippen molar-refractivity contribution in [3.8, 4) is 0 Å². The Morgan fingerprint density at radius 1 is 1.15 bits per heavy atom. The summed E-state index contributed by atoms with van der Waals surface area (Å²) < 4.78 is 23.9. The lowest BCUT2D eigenvalue weighted by Crippen LogP contribution is -2.23. The van der Waals surface area contributed by atoms with Gasteiger partial charge in [0.05, 0.1) is 6.26 Å². The lowest BCUT2D eigenvalue weighted by Gasteiger charge is -2.10.